The lowest BCUT2D eigenvalue weighted by Gasteiger charge is -2.11. The highest BCUT2D eigenvalue weighted by molar-refractivity contribution is 7.80. The molecule has 0 bridgehead atoms. The number of thiocarbonyl (C=S) groups is 1. The van der Waals surface area contributed by atoms with Crippen molar-refractivity contribution in [2.24, 2.45) is 0 Å². The van der Waals surface area contributed by atoms with E-state index in [2.05, 4.69) is 16.0 Å². The third-order valence-corrected chi connectivity index (χ3v) is 5.59. The number of halogens is 1. The summed E-state index contributed by atoms with van der Waals surface area (Å²) in [6, 6.07) is 17.3. The van der Waals surface area contributed by atoms with Crippen LogP contribution in [0.2, 0.25) is 5.02 Å². The Kier molecular flexibility index (Phi) is 6.81. The van der Waals surface area contributed by atoms with Gasteiger partial charge in [-0.05, 0) is 85.7 Å². The van der Waals surface area contributed by atoms with Gasteiger partial charge in [0.05, 0.1) is 17.0 Å². The Bertz CT molecular complexity index is 1380. The van der Waals surface area contributed by atoms with Crippen molar-refractivity contribution in [1.29, 1.82) is 0 Å². The third-order valence-electron chi connectivity index (χ3n) is 5.07. The van der Waals surface area contributed by atoms with Crippen LogP contribution in [-0.2, 0) is 0 Å². The Hall–Kier alpha value is -3.88. The summed E-state index contributed by atoms with van der Waals surface area (Å²) in [4.78, 5) is 24.7. The van der Waals surface area contributed by atoms with Gasteiger partial charge in [-0.3, -0.25) is 14.9 Å². The summed E-state index contributed by atoms with van der Waals surface area (Å²) in [5.74, 6) is -0.0201. The standard InChI is InChI=1S/C25H20ClN3O4S/c1-14-5-6-16(12-15(14)2)20-9-10-22(33-20)24(31)29-25(34)27-17-7-8-19(18(26)13-17)28-23(30)21-4-3-11-32-21/h3-13H,1-2H3,(H,28,30)(H2,27,29,31,34). The summed E-state index contributed by atoms with van der Waals surface area (Å²) >= 11 is 11.5. The molecule has 2 aromatic heterocycles. The predicted molar refractivity (Wildman–Crippen MR) is 135 cm³/mol. The predicted octanol–water partition coefficient (Wildman–Crippen LogP) is 6.19. The van der Waals surface area contributed by atoms with E-state index < -0.39 is 11.8 Å². The Balaban J connectivity index is 1.36. The van der Waals surface area contributed by atoms with Crippen LogP contribution in [0.5, 0.6) is 0 Å². The molecule has 2 amide bonds. The Morgan fingerprint density at radius 3 is 2.41 bits per heavy atom. The smallest absolute Gasteiger partial charge is 0.293 e. The molecule has 2 heterocycles. The van der Waals surface area contributed by atoms with Gasteiger partial charge in [0.25, 0.3) is 11.8 Å². The lowest BCUT2D eigenvalue weighted by atomic mass is 10.1. The number of carbonyl (C=O) groups is 2. The highest BCUT2D eigenvalue weighted by atomic mass is 35.5. The van der Waals surface area contributed by atoms with E-state index in [-0.39, 0.29) is 21.7 Å². The number of rotatable bonds is 5. The van der Waals surface area contributed by atoms with Crippen molar-refractivity contribution >= 4 is 52.1 Å². The van der Waals surface area contributed by atoms with E-state index in [1.807, 2.05) is 32.0 Å². The fraction of sp³-hybridized carbons (Fsp3) is 0.0800. The number of anilines is 2. The first-order chi connectivity index (χ1) is 16.3. The normalized spacial score (nSPS) is 10.6. The molecular formula is C25H20ClN3O4S. The largest absolute Gasteiger partial charge is 0.459 e. The molecule has 0 unspecified atom stereocenters. The minimum absolute atomic E-state index is 0.0672. The Labute approximate surface area is 206 Å². The second-order valence-electron chi connectivity index (χ2n) is 7.50. The fourth-order valence-corrected chi connectivity index (χ4v) is 3.56. The van der Waals surface area contributed by atoms with E-state index in [0.29, 0.717) is 17.1 Å². The van der Waals surface area contributed by atoms with Crippen molar-refractivity contribution < 1.29 is 18.4 Å². The summed E-state index contributed by atoms with van der Waals surface area (Å²) < 4.78 is 10.8. The van der Waals surface area contributed by atoms with Gasteiger partial charge in [-0.1, -0.05) is 23.7 Å². The summed E-state index contributed by atoms with van der Waals surface area (Å²) in [5.41, 5.74) is 4.13. The molecule has 0 saturated heterocycles. The quantitative estimate of drug-likeness (QED) is 0.287. The van der Waals surface area contributed by atoms with Gasteiger partial charge in [0.15, 0.2) is 16.6 Å². The molecule has 0 radical (unpaired) electrons. The van der Waals surface area contributed by atoms with Crippen LogP contribution in [0, 0.1) is 13.8 Å². The molecule has 0 aliphatic carbocycles. The lowest BCUT2D eigenvalue weighted by Crippen LogP contribution is -2.33. The first-order valence-electron chi connectivity index (χ1n) is 10.2. The first kappa shape index (κ1) is 23.3. The molecule has 0 aliphatic rings. The molecule has 0 fully saturated rings. The van der Waals surface area contributed by atoms with Crippen LogP contribution < -0.4 is 16.0 Å². The van der Waals surface area contributed by atoms with Crippen molar-refractivity contribution in [2.75, 3.05) is 10.6 Å². The Morgan fingerprint density at radius 2 is 1.71 bits per heavy atom. The number of furan rings is 2. The number of benzene rings is 2. The number of nitrogens with one attached hydrogen (secondary N) is 3. The van der Waals surface area contributed by atoms with Crippen molar-refractivity contribution in [1.82, 2.24) is 5.32 Å². The van der Waals surface area contributed by atoms with E-state index in [1.165, 1.54) is 11.8 Å². The minimum atomic E-state index is -0.485. The molecule has 4 aromatic rings. The maximum Gasteiger partial charge on any atom is 0.293 e. The van der Waals surface area contributed by atoms with Gasteiger partial charge in [0.1, 0.15) is 5.76 Å². The van der Waals surface area contributed by atoms with Crippen LogP contribution in [0.3, 0.4) is 0 Å². The molecule has 7 nitrogen and oxygen atoms in total. The van der Waals surface area contributed by atoms with Crippen LogP contribution >= 0.6 is 23.8 Å². The molecule has 4 rings (SSSR count). The van der Waals surface area contributed by atoms with Crippen LogP contribution in [0.25, 0.3) is 11.3 Å². The average Bonchev–Trinajstić information content (AvgIpc) is 3.50. The second kappa shape index (κ2) is 9.94. The maximum absolute atomic E-state index is 12.6. The molecular weight excluding hydrogens is 474 g/mol. The number of carbonyl (C=O) groups excluding carboxylic acids is 2. The zero-order valence-corrected chi connectivity index (χ0v) is 19.8. The van der Waals surface area contributed by atoms with Crippen molar-refractivity contribution in [2.45, 2.75) is 13.8 Å². The summed E-state index contributed by atoms with van der Waals surface area (Å²) in [6.07, 6.45) is 1.41. The molecule has 3 N–H and O–H groups in total. The van der Waals surface area contributed by atoms with Crippen LogP contribution in [0.15, 0.2) is 75.8 Å². The van der Waals surface area contributed by atoms with Gasteiger partial charge in [-0.25, -0.2) is 0 Å². The fourth-order valence-electron chi connectivity index (χ4n) is 3.12. The van der Waals surface area contributed by atoms with Gasteiger partial charge in [-0.2, -0.15) is 0 Å². The van der Waals surface area contributed by atoms with Crippen molar-refractivity contribution in [3.05, 3.63) is 94.6 Å². The zero-order valence-electron chi connectivity index (χ0n) is 18.3. The van der Waals surface area contributed by atoms with Crippen LogP contribution in [0.4, 0.5) is 11.4 Å². The number of amides is 2. The Morgan fingerprint density at radius 1 is 0.882 bits per heavy atom. The maximum atomic E-state index is 12.6. The van der Waals surface area contributed by atoms with E-state index in [4.69, 9.17) is 32.7 Å². The van der Waals surface area contributed by atoms with Gasteiger partial charge in [-0.15, -0.1) is 0 Å². The lowest BCUT2D eigenvalue weighted by molar-refractivity contribution is 0.0950. The van der Waals surface area contributed by atoms with E-state index in [9.17, 15) is 9.59 Å². The molecule has 34 heavy (non-hydrogen) atoms. The topological polar surface area (TPSA) is 96.5 Å². The van der Waals surface area contributed by atoms with E-state index >= 15 is 0 Å². The second-order valence-corrected chi connectivity index (χ2v) is 8.31. The highest BCUT2D eigenvalue weighted by Crippen LogP contribution is 2.27. The number of hydrogen-bond donors (Lipinski definition) is 3. The SMILES string of the molecule is Cc1ccc(-c2ccc(C(=O)NC(=S)Nc3ccc(NC(=O)c4ccco4)c(Cl)c3)o2)cc1C. The first-order valence-corrected chi connectivity index (χ1v) is 11.0. The summed E-state index contributed by atoms with van der Waals surface area (Å²) in [6.45, 7) is 4.05. The zero-order chi connectivity index (χ0) is 24.2. The molecule has 2 aromatic carbocycles. The molecule has 0 aliphatic heterocycles. The van der Waals surface area contributed by atoms with Gasteiger partial charge in [0.2, 0.25) is 0 Å². The molecule has 0 spiro atoms. The van der Waals surface area contributed by atoms with E-state index in [1.54, 1.807) is 42.5 Å². The van der Waals surface area contributed by atoms with Crippen LogP contribution in [-0.4, -0.2) is 16.9 Å². The van der Waals surface area contributed by atoms with Gasteiger partial charge >= 0.3 is 0 Å². The van der Waals surface area contributed by atoms with Crippen LogP contribution in [0.1, 0.15) is 32.2 Å². The van der Waals surface area contributed by atoms with Crippen molar-refractivity contribution in [3.63, 3.8) is 0 Å². The summed E-state index contributed by atoms with van der Waals surface area (Å²) in [5, 5.41) is 8.47. The molecule has 172 valence electrons. The van der Waals surface area contributed by atoms with Gasteiger partial charge < -0.3 is 19.5 Å². The monoisotopic (exact) mass is 493 g/mol. The molecule has 0 saturated carbocycles. The number of hydrogen-bond acceptors (Lipinski definition) is 5. The van der Waals surface area contributed by atoms with Gasteiger partial charge in [0, 0.05) is 11.3 Å². The molecule has 9 heteroatoms. The summed E-state index contributed by atoms with van der Waals surface area (Å²) in [7, 11) is 0. The minimum Gasteiger partial charge on any atom is -0.459 e. The third kappa shape index (κ3) is 5.36. The van der Waals surface area contributed by atoms with Crippen molar-refractivity contribution in [3.8, 4) is 11.3 Å². The number of aryl methyl sites for hydroxylation is 2. The van der Waals surface area contributed by atoms with E-state index in [0.717, 1.165) is 11.1 Å². The highest BCUT2D eigenvalue weighted by Gasteiger charge is 2.15. The molecule has 0 atom stereocenters. The average molecular weight is 494 g/mol.